The highest BCUT2D eigenvalue weighted by Gasteiger charge is 2.47. The van der Waals surface area contributed by atoms with E-state index in [1.54, 1.807) is 0 Å². The highest BCUT2D eigenvalue weighted by atomic mass is 16.7. The van der Waals surface area contributed by atoms with Gasteiger partial charge in [0.15, 0.2) is 6.10 Å². The van der Waals surface area contributed by atoms with Crippen LogP contribution >= 0.6 is 0 Å². The zero-order valence-corrected chi connectivity index (χ0v) is 20.4. The summed E-state index contributed by atoms with van der Waals surface area (Å²) >= 11 is 0. The standard InChI is InChI=1S/C24H29BN4O7/c1-15(2)11-20(25-35-19(24(33)36-25)13-21(30)34-3)29-22(31)17(12-16-7-5-4-6-8-16)28-23(32)18-14-26-9-10-27-18/h4-10,14-15,17,19-20H,11-13H2,1-3H3,(H,28,32)(H,29,31)/t17?,19-,20?/m1/s1. The lowest BCUT2D eigenvalue weighted by Gasteiger charge is -2.25. The van der Waals surface area contributed by atoms with Gasteiger partial charge in [0.25, 0.3) is 5.91 Å². The summed E-state index contributed by atoms with van der Waals surface area (Å²) in [7, 11) is 0.121. The number of amides is 2. The summed E-state index contributed by atoms with van der Waals surface area (Å²) < 4.78 is 15.6. The molecular weight excluding hydrogens is 467 g/mol. The topological polar surface area (TPSA) is 146 Å². The molecule has 2 amide bonds. The van der Waals surface area contributed by atoms with E-state index >= 15 is 0 Å². The fraction of sp³-hybridized carbons (Fsp3) is 0.417. The summed E-state index contributed by atoms with van der Waals surface area (Å²) in [6.45, 7) is 3.89. The maximum absolute atomic E-state index is 13.4. The van der Waals surface area contributed by atoms with E-state index in [4.69, 9.17) is 9.31 Å². The summed E-state index contributed by atoms with van der Waals surface area (Å²) in [4.78, 5) is 57.9. The number of nitrogens with zero attached hydrogens (tertiary/aromatic N) is 2. The van der Waals surface area contributed by atoms with Crippen LogP contribution < -0.4 is 10.6 Å². The molecule has 12 heteroatoms. The van der Waals surface area contributed by atoms with Gasteiger partial charge in [-0.2, -0.15) is 0 Å². The molecule has 1 aromatic carbocycles. The van der Waals surface area contributed by atoms with Crippen LogP contribution in [0.2, 0.25) is 0 Å². The van der Waals surface area contributed by atoms with E-state index in [0.29, 0.717) is 6.42 Å². The molecule has 0 spiro atoms. The molecule has 1 fully saturated rings. The Morgan fingerprint density at radius 2 is 1.89 bits per heavy atom. The lowest BCUT2D eigenvalue weighted by atomic mass is 9.74. The Labute approximate surface area is 209 Å². The minimum absolute atomic E-state index is 0.0702. The van der Waals surface area contributed by atoms with Gasteiger partial charge in [-0.15, -0.1) is 0 Å². The third-order valence-electron chi connectivity index (χ3n) is 5.46. The Hall–Kier alpha value is -3.80. The molecule has 0 radical (unpaired) electrons. The van der Waals surface area contributed by atoms with Gasteiger partial charge in [0.05, 0.1) is 25.7 Å². The first kappa shape index (κ1) is 26.8. The number of carbonyl (C=O) groups is 4. The highest BCUT2D eigenvalue weighted by molar-refractivity contribution is 6.51. The van der Waals surface area contributed by atoms with Gasteiger partial charge in [-0.25, -0.2) is 4.98 Å². The molecule has 1 saturated heterocycles. The van der Waals surface area contributed by atoms with Crippen molar-refractivity contribution in [3.8, 4) is 0 Å². The third kappa shape index (κ3) is 7.60. The van der Waals surface area contributed by atoms with E-state index < -0.39 is 49.0 Å². The quantitative estimate of drug-likeness (QED) is 0.342. The average molecular weight is 496 g/mol. The first-order valence-corrected chi connectivity index (χ1v) is 11.6. The number of esters is 1. The predicted molar refractivity (Wildman–Crippen MR) is 128 cm³/mol. The van der Waals surface area contributed by atoms with Crippen molar-refractivity contribution in [3.63, 3.8) is 0 Å². The second kappa shape index (κ2) is 12.8. The van der Waals surface area contributed by atoms with Crippen LogP contribution in [0.3, 0.4) is 0 Å². The molecule has 2 N–H and O–H groups in total. The highest BCUT2D eigenvalue weighted by Crippen LogP contribution is 2.20. The third-order valence-corrected chi connectivity index (χ3v) is 5.46. The monoisotopic (exact) mass is 496 g/mol. The van der Waals surface area contributed by atoms with Gasteiger partial charge >= 0.3 is 19.1 Å². The number of ether oxygens (including phenoxy) is 1. The maximum atomic E-state index is 13.4. The van der Waals surface area contributed by atoms with Crippen molar-refractivity contribution in [3.05, 3.63) is 60.2 Å². The molecule has 2 aromatic rings. The van der Waals surface area contributed by atoms with Crippen molar-refractivity contribution >= 4 is 30.9 Å². The SMILES string of the molecule is COC(=O)C[C@H]1OB(C(CC(C)C)NC(=O)C(Cc2ccccc2)NC(=O)c2cnccn2)OC1=O. The van der Waals surface area contributed by atoms with Crippen molar-refractivity contribution in [1.29, 1.82) is 0 Å². The first-order valence-electron chi connectivity index (χ1n) is 11.6. The number of carbonyl (C=O) groups excluding carboxylic acids is 4. The van der Waals surface area contributed by atoms with Gasteiger partial charge in [-0.1, -0.05) is 44.2 Å². The molecule has 0 saturated carbocycles. The molecule has 2 heterocycles. The zero-order valence-electron chi connectivity index (χ0n) is 20.4. The minimum atomic E-state index is -1.12. The number of rotatable bonds is 11. The van der Waals surface area contributed by atoms with Crippen LogP contribution in [0.5, 0.6) is 0 Å². The van der Waals surface area contributed by atoms with Crippen LogP contribution in [0.15, 0.2) is 48.9 Å². The number of methoxy groups -OCH3 is 1. The molecule has 11 nitrogen and oxygen atoms in total. The zero-order chi connectivity index (χ0) is 26.1. The number of hydrogen-bond acceptors (Lipinski definition) is 9. The molecular formula is C24H29BN4O7. The summed E-state index contributed by atoms with van der Waals surface area (Å²) in [5.41, 5.74) is 0.903. The summed E-state index contributed by atoms with van der Waals surface area (Å²) in [5, 5.41) is 5.59. The summed E-state index contributed by atoms with van der Waals surface area (Å²) in [5.74, 6) is -2.96. The van der Waals surface area contributed by atoms with Crippen molar-refractivity contribution in [2.75, 3.05) is 7.11 Å². The molecule has 2 unspecified atom stereocenters. The van der Waals surface area contributed by atoms with Crippen LogP contribution in [0, 0.1) is 5.92 Å². The molecule has 3 rings (SSSR count). The van der Waals surface area contributed by atoms with Gasteiger partial charge in [-0.05, 0) is 17.9 Å². The normalized spacial score (nSPS) is 16.7. The van der Waals surface area contributed by atoms with Crippen LogP contribution in [-0.4, -0.2) is 66.0 Å². The number of aromatic nitrogens is 2. The largest absolute Gasteiger partial charge is 0.552 e. The molecule has 190 valence electrons. The predicted octanol–water partition coefficient (Wildman–Crippen LogP) is 0.881. The average Bonchev–Trinajstić information content (AvgIpc) is 3.23. The van der Waals surface area contributed by atoms with Gasteiger partial charge in [0.2, 0.25) is 5.91 Å². The minimum Gasteiger partial charge on any atom is -0.506 e. The molecule has 1 aromatic heterocycles. The van der Waals surface area contributed by atoms with Crippen molar-refractivity contribution in [2.45, 2.75) is 51.2 Å². The Morgan fingerprint density at radius 1 is 1.14 bits per heavy atom. The van der Waals surface area contributed by atoms with Gasteiger partial charge in [0.1, 0.15) is 11.7 Å². The lowest BCUT2D eigenvalue weighted by Crippen LogP contribution is -2.55. The van der Waals surface area contributed by atoms with Crippen molar-refractivity contribution in [2.24, 2.45) is 5.92 Å². The Kier molecular flexibility index (Phi) is 9.51. The van der Waals surface area contributed by atoms with E-state index in [-0.39, 0.29) is 24.5 Å². The number of benzene rings is 1. The summed E-state index contributed by atoms with van der Waals surface area (Å²) in [6, 6.07) is 8.26. The fourth-order valence-electron chi connectivity index (χ4n) is 3.72. The lowest BCUT2D eigenvalue weighted by molar-refractivity contribution is -0.147. The second-order valence-electron chi connectivity index (χ2n) is 8.76. The smallest absolute Gasteiger partial charge is 0.506 e. The first-order chi connectivity index (χ1) is 17.3. The molecule has 3 atom stereocenters. The van der Waals surface area contributed by atoms with E-state index in [1.807, 2.05) is 44.2 Å². The van der Waals surface area contributed by atoms with Crippen molar-refractivity contribution in [1.82, 2.24) is 20.6 Å². The van der Waals surface area contributed by atoms with Crippen LogP contribution in [0.4, 0.5) is 0 Å². The van der Waals surface area contributed by atoms with Crippen LogP contribution in [-0.2, 0) is 34.9 Å². The number of nitrogens with one attached hydrogen (secondary N) is 2. The van der Waals surface area contributed by atoms with E-state index in [2.05, 4.69) is 25.3 Å². The maximum Gasteiger partial charge on any atom is 0.552 e. The second-order valence-corrected chi connectivity index (χ2v) is 8.76. The Morgan fingerprint density at radius 3 is 2.53 bits per heavy atom. The number of hydrogen-bond donors (Lipinski definition) is 2. The van der Waals surface area contributed by atoms with Gasteiger partial charge in [-0.3, -0.25) is 24.2 Å². The molecule has 36 heavy (non-hydrogen) atoms. The van der Waals surface area contributed by atoms with Crippen LogP contribution in [0.1, 0.15) is 42.7 Å². The van der Waals surface area contributed by atoms with E-state index in [9.17, 15) is 19.2 Å². The van der Waals surface area contributed by atoms with Gasteiger partial charge < -0.3 is 24.7 Å². The fourth-order valence-corrected chi connectivity index (χ4v) is 3.72. The van der Waals surface area contributed by atoms with Crippen molar-refractivity contribution < 1.29 is 33.2 Å². The van der Waals surface area contributed by atoms with Crippen LogP contribution in [0.25, 0.3) is 0 Å². The molecule has 1 aliphatic heterocycles. The Balaban J connectivity index is 1.76. The van der Waals surface area contributed by atoms with E-state index in [0.717, 1.165) is 5.56 Å². The van der Waals surface area contributed by atoms with Gasteiger partial charge in [0, 0.05) is 18.8 Å². The molecule has 0 aliphatic carbocycles. The summed E-state index contributed by atoms with van der Waals surface area (Å²) in [6.07, 6.45) is 3.36. The molecule has 0 bridgehead atoms. The van der Waals surface area contributed by atoms with E-state index in [1.165, 1.54) is 25.7 Å². The Bertz CT molecular complexity index is 1050. The molecule has 1 aliphatic rings.